The van der Waals surface area contributed by atoms with Gasteiger partial charge in [0.2, 0.25) is 0 Å². The SMILES string of the molecule is O=Cc1cc([N+](=O)[O-])ccc1Oc1ccc(Cl)cc1Cl. The maximum Gasteiger partial charge on any atom is 0.270 e. The number of carbonyl (C=O) groups excluding carboxylic acids is 1. The third kappa shape index (κ3) is 3.07. The van der Waals surface area contributed by atoms with Gasteiger partial charge < -0.3 is 4.74 Å². The topological polar surface area (TPSA) is 69.4 Å². The molecule has 0 aromatic heterocycles. The Balaban J connectivity index is 2.38. The molecular weight excluding hydrogens is 305 g/mol. The van der Waals surface area contributed by atoms with Gasteiger partial charge in [0.25, 0.3) is 5.69 Å². The summed E-state index contributed by atoms with van der Waals surface area (Å²) in [4.78, 5) is 21.0. The van der Waals surface area contributed by atoms with Crippen molar-refractivity contribution in [3.8, 4) is 11.5 Å². The summed E-state index contributed by atoms with van der Waals surface area (Å²) in [5, 5.41) is 11.4. The molecule has 0 aliphatic rings. The summed E-state index contributed by atoms with van der Waals surface area (Å²) in [7, 11) is 0. The first-order valence-corrected chi connectivity index (χ1v) is 6.13. The van der Waals surface area contributed by atoms with Crippen LogP contribution in [-0.2, 0) is 0 Å². The van der Waals surface area contributed by atoms with E-state index in [9.17, 15) is 14.9 Å². The summed E-state index contributed by atoms with van der Waals surface area (Å²) in [6.07, 6.45) is 0.478. The maximum absolute atomic E-state index is 11.0. The van der Waals surface area contributed by atoms with E-state index in [1.807, 2.05) is 0 Å². The van der Waals surface area contributed by atoms with Crippen molar-refractivity contribution in [2.24, 2.45) is 0 Å². The highest BCUT2D eigenvalue weighted by molar-refractivity contribution is 6.35. The van der Waals surface area contributed by atoms with Gasteiger partial charge in [-0.25, -0.2) is 0 Å². The molecule has 0 atom stereocenters. The van der Waals surface area contributed by atoms with Gasteiger partial charge in [0.1, 0.15) is 11.5 Å². The molecule has 0 fully saturated rings. The molecule has 7 heteroatoms. The second-order valence-electron chi connectivity index (χ2n) is 3.77. The Bertz CT molecular complexity index is 688. The van der Waals surface area contributed by atoms with E-state index in [4.69, 9.17) is 27.9 Å². The quantitative estimate of drug-likeness (QED) is 0.473. The van der Waals surface area contributed by atoms with Crippen LogP contribution in [0.3, 0.4) is 0 Å². The van der Waals surface area contributed by atoms with Crippen molar-refractivity contribution in [3.05, 3.63) is 62.1 Å². The van der Waals surface area contributed by atoms with Gasteiger partial charge in [-0.05, 0) is 24.3 Å². The van der Waals surface area contributed by atoms with Crippen LogP contribution in [0.2, 0.25) is 10.0 Å². The molecule has 0 unspecified atom stereocenters. The number of nitrogens with zero attached hydrogens (tertiary/aromatic N) is 1. The average Bonchev–Trinajstić information content (AvgIpc) is 2.42. The first-order valence-electron chi connectivity index (χ1n) is 5.38. The number of ether oxygens (including phenoxy) is 1. The second-order valence-corrected chi connectivity index (χ2v) is 4.62. The molecule has 0 N–H and O–H groups in total. The monoisotopic (exact) mass is 311 g/mol. The number of carbonyl (C=O) groups is 1. The number of nitro benzene ring substituents is 1. The van der Waals surface area contributed by atoms with Crippen LogP contribution in [0.4, 0.5) is 5.69 Å². The van der Waals surface area contributed by atoms with Gasteiger partial charge in [0, 0.05) is 17.2 Å². The zero-order chi connectivity index (χ0) is 14.7. The third-order valence-electron chi connectivity index (χ3n) is 2.44. The van der Waals surface area contributed by atoms with Gasteiger partial charge in [-0.1, -0.05) is 23.2 Å². The lowest BCUT2D eigenvalue weighted by Crippen LogP contribution is -1.94. The van der Waals surface area contributed by atoms with Crippen molar-refractivity contribution in [3.63, 3.8) is 0 Å². The molecule has 20 heavy (non-hydrogen) atoms. The Morgan fingerprint density at radius 1 is 1.10 bits per heavy atom. The summed E-state index contributed by atoms with van der Waals surface area (Å²) in [6, 6.07) is 8.32. The Hall–Kier alpha value is -2.11. The minimum atomic E-state index is -0.591. The van der Waals surface area contributed by atoms with E-state index < -0.39 is 4.92 Å². The molecule has 0 spiro atoms. The molecule has 0 heterocycles. The van der Waals surface area contributed by atoms with Crippen molar-refractivity contribution in [2.75, 3.05) is 0 Å². The van der Waals surface area contributed by atoms with Crippen molar-refractivity contribution < 1.29 is 14.5 Å². The lowest BCUT2D eigenvalue weighted by atomic mass is 10.2. The van der Waals surface area contributed by atoms with Crippen LogP contribution in [0.1, 0.15) is 10.4 Å². The average molecular weight is 312 g/mol. The number of halogens is 2. The van der Waals surface area contributed by atoms with Crippen molar-refractivity contribution in [2.45, 2.75) is 0 Å². The van der Waals surface area contributed by atoms with Crippen LogP contribution in [-0.4, -0.2) is 11.2 Å². The van der Waals surface area contributed by atoms with Gasteiger partial charge in [-0.2, -0.15) is 0 Å². The number of non-ortho nitro benzene ring substituents is 1. The van der Waals surface area contributed by atoms with Gasteiger partial charge in [0.05, 0.1) is 15.5 Å². The minimum Gasteiger partial charge on any atom is -0.455 e. The lowest BCUT2D eigenvalue weighted by Gasteiger charge is -2.09. The first kappa shape index (κ1) is 14.3. The fourth-order valence-electron chi connectivity index (χ4n) is 1.51. The predicted octanol–water partition coefficient (Wildman–Crippen LogP) is 4.51. The highest BCUT2D eigenvalue weighted by Gasteiger charge is 2.13. The highest BCUT2D eigenvalue weighted by atomic mass is 35.5. The number of rotatable bonds is 4. The summed E-state index contributed by atoms with van der Waals surface area (Å²) in [5.74, 6) is 0.475. The van der Waals surface area contributed by atoms with E-state index >= 15 is 0 Å². The zero-order valence-corrected chi connectivity index (χ0v) is 11.4. The summed E-state index contributed by atoms with van der Waals surface area (Å²) in [5.41, 5.74) is -0.133. The molecule has 0 aliphatic carbocycles. The van der Waals surface area contributed by atoms with Gasteiger partial charge in [-0.3, -0.25) is 14.9 Å². The summed E-state index contributed by atoms with van der Waals surface area (Å²) in [6.45, 7) is 0. The van der Waals surface area contributed by atoms with Crippen molar-refractivity contribution in [1.29, 1.82) is 0 Å². The van der Waals surface area contributed by atoms with E-state index in [1.54, 1.807) is 12.1 Å². The molecule has 0 amide bonds. The van der Waals surface area contributed by atoms with Gasteiger partial charge in [0.15, 0.2) is 6.29 Å². The smallest absolute Gasteiger partial charge is 0.270 e. The molecule has 102 valence electrons. The largest absolute Gasteiger partial charge is 0.455 e. The molecule has 0 saturated heterocycles. The second kappa shape index (κ2) is 5.90. The standard InChI is InChI=1S/C13H7Cl2NO4/c14-9-1-3-13(11(15)6-9)20-12-4-2-10(16(18)19)5-8(12)7-17/h1-7H. The fourth-order valence-corrected chi connectivity index (χ4v) is 1.96. The third-order valence-corrected chi connectivity index (χ3v) is 2.98. The van der Waals surface area contributed by atoms with Crippen LogP contribution in [0, 0.1) is 10.1 Å². The lowest BCUT2D eigenvalue weighted by molar-refractivity contribution is -0.384. The number of aldehydes is 1. The predicted molar refractivity (Wildman–Crippen MR) is 75.0 cm³/mol. The fraction of sp³-hybridized carbons (Fsp3) is 0. The van der Waals surface area contributed by atoms with Crippen molar-refractivity contribution in [1.82, 2.24) is 0 Å². The zero-order valence-electron chi connectivity index (χ0n) is 9.88. The van der Waals surface area contributed by atoms with Crippen molar-refractivity contribution >= 4 is 35.2 Å². The molecule has 0 bridgehead atoms. The normalized spacial score (nSPS) is 10.1. The molecule has 2 aromatic carbocycles. The van der Waals surface area contributed by atoms with Crippen LogP contribution in [0.25, 0.3) is 0 Å². The Kier molecular flexibility index (Phi) is 4.22. The van der Waals surface area contributed by atoms with Gasteiger partial charge in [-0.15, -0.1) is 0 Å². The van der Waals surface area contributed by atoms with Gasteiger partial charge >= 0.3 is 0 Å². The number of benzene rings is 2. The number of hydrogen-bond acceptors (Lipinski definition) is 4. The molecule has 5 nitrogen and oxygen atoms in total. The van der Waals surface area contributed by atoms with E-state index in [-0.39, 0.29) is 22.0 Å². The molecular formula is C13H7Cl2NO4. The number of nitro groups is 1. The van der Waals surface area contributed by atoms with Crippen LogP contribution < -0.4 is 4.74 Å². The highest BCUT2D eigenvalue weighted by Crippen LogP contribution is 2.33. The Morgan fingerprint density at radius 3 is 2.40 bits per heavy atom. The summed E-state index contributed by atoms with van der Waals surface area (Å²) >= 11 is 11.7. The molecule has 0 aliphatic heterocycles. The number of hydrogen-bond donors (Lipinski definition) is 0. The molecule has 2 rings (SSSR count). The van der Waals surface area contributed by atoms with Crippen LogP contribution in [0.15, 0.2) is 36.4 Å². The Labute approximate surface area is 123 Å². The van der Waals surface area contributed by atoms with Crippen LogP contribution >= 0.6 is 23.2 Å². The van der Waals surface area contributed by atoms with E-state index in [1.165, 1.54) is 18.2 Å². The molecule has 0 radical (unpaired) electrons. The first-order chi connectivity index (χ1) is 9.51. The van der Waals surface area contributed by atoms with E-state index in [2.05, 4.69) is 0 Å². The Morgan fingerprint density at radius 2 is 1.80 bits per heavy atom. The van der Waals surface area contributed by atoms with Crippen LogP contribution in [0.5, 0.6) is 11.5 Å². The molecule has 2 aromatic rings. The van der Waals surface area contributed by atoms with E-state index in [0.29, 0.717) is 17.1 Å². The summed E-state index contributed by atoms with van der Waals surface area (Å²) < 4.78 is 5.48. The maximum atomic E-state index is 11.0. The molecule has 0 saturated carbocycles. The minimum absolute atomic E-state index is 0.0604. The van der Waals surface area contributed by atoms with E-state index in [0.717, 1.165) is 6.07 Å².